The molecule has 0 saturated carbocycles. The van der Waals surface area contributed by atoms with Crippen molar-refractivity contribution in [2.75, 3.05) is 5.73 Å². The van der Waals surface area contributed by atoms with Crippen molar-refractivity contribution in [3.05, 3.63) is 29.3 Å². The minimum absolute atomic E-state index is 0.123. The summed E-state index contributed by atoms with van der Waals surface area (Å²) in [5, 5.41) is 17.1. The van der Waals surface area contributed by atoms with Gasteiger partial charge < -0.3 is 15.9 Å². The van der Waals surface area contributed by atoms with Crippen molar-refractivity contribution in [3.63, 3.8) is 0 Å². The van der Waals surface area contributed by atoms with Gasteiger partial charge >= 0.3 is 11.9 Å². The topological polar surface area (TPSA) is 101 Å². The van der Waals surface area contributed by atoms with Crippen LogP contribution >= 0.6 is 0 Å². The molecular formula is C12H19NO4. The highest BCUT2D eigenvalue weighted by molar-refractivity contribution is 5.95. The first-order valence-electron chi connectivity index (χ1n) is 5.38. The molecule has 0 fully saturated rings. The molecule has 0 amide bonds. The minimum atomic E-state index is -1.20. The molecule has 0 unspecified atom stereocenters. The summed E-state index contributed by atoms with van der Waals surface area (Å²) in [5.41, 5.74) is 5.18. The van der Waals surface area contributed by atoms with Crippen molar-refractivity contribution < 1.29 is 19.8 Å². The van der Waals surface area contributed by atoms with Crippen LogP contribution in [0.25, 0.3) is 0 Å². The molecule has 0 aliphatic carbocycles. The van der Waals surface area contributed by atoms with E-state index in [9.17, 15) is 9.59 Å². The van der Waals surface area contributed by atoms with Gasteiger partial charge in [-0.15, -0.1) is 0 Å². The van der Waals surface area contributed by atoms with E-state index in [2.05, 4.69) is 0 Å². The van der Waals surface area contributed by atoms with Crippen molar-refractivity contribution in [1.29, 1.82) is 0 Å². The number of carbonyl (C=O) groups is 2. The van der Waals surface area contributed by atoms with Crippen LogP contribution in [0.15, 0.2) is 18.2 Å². The number of nitrogens with two attached hydrogens (primary N) is 1. The first kappa shape index (κ1) is 17.4. The van der Waals surface area contributed by atoms with E-state index in [-0.39, 0.29) is 16.8 Å². The summed E-state index contributed by atoms with van der Waals surface area (Å²) >= 11 is 0. The van der Waals surface area contributed by atoms with E-state index in [0.717, 1.165) is 6.07 Å². The average Bonchev–Trinajstić information content (AvgIpc) is 2.33. The molecule has 1 aromatic rings. The predicted octanol–water partition coefficient (Wildman–Crippen LogP) is 2.72. The van der Waals surface area contributed by atoms with Crippen LogP contribution in [-0.4, -0.2) is 22.2 Å². The second kappa shape index (κ2) is 9.21. The van der Waals surface area contributed by atoms with Gasteiger partial charge in [-0.2, -0.15) is 0 Å². The molecule has 0 atom stereocenters. The van der Waals surface area contributed by atoms with Gasteiger partial charge in [0.1, 0.15) is 0 Å². The number of anilines is 1. The van der Waals surface area contributed by atoms with E-state index in [1.807, 2.05) is 27.7 Å². The third-order valence-electron chi connectivity index (χ3n) is 1.45. The van der Waals surface area contributed by atoms with Crippen molar-refractivity contribution in [2.24, 2.45) is 0 Å². The highest BCUT2D eigenvalue weighted by Gasteiger charge is 2.09. The van der Waals surface area contributed by atoms with Gasteiger partial charge in [-0.25, -0.2) is 9.59 Å². The summed E-state index contributed by atoms with van der Waals surface area (Å²) in [4.78, 5) is 21.0. The number of nitrogen functional groups attached to an aromatic ring is 1. The van der Waals surface area contributed by atoms with Gasteiger partial charge in [0, 0.05) is 5.69 Å². The van der Waals surface area contributed by atoms with Crippen molar-refractivity contribution in [3.8, 4) is 0 Å². The highest BCUT2D eigenvalue weighted by Crippen LogP contribution is 2.11. The van der Waals surface area contributed by atoms with Gasteiger partial charge in [0.05, 0.1) is 11.1 Å². The lowest BCUT2D eigenvalue weighted by atomic mass is 10.1. The zero-order valence-corrected chi connectivity index (χ0v) is 10.5. The van der Waals surface area contributed by atoms with Gasteiger partial charge in [-0.3, -0.25) is 0 Å². The van der Waals surface area contributed by atoms with Crippen molar-refractivity contribution in [1.82, 2.24) is 0 Å². The number of carboxylic acids is 2. The fraction of sp³-hybridized carbons (Fsp3) is 0.333. The SMILES string of the molecule is CC.CC.Nc1cc(C(=O)O)cc(C(=O)O)c1. The maximum atomic E-state index is 10.5. The highest BCUT2D eigenvalue weighted by atomic mass is 16.4. The third-order valence-corrected chi connectivity index (χ3v) is 1.45. The van der Waals surface area contributed by atoms with Gasteiger partial charge in [-0.1, -0.05) is 27.7 Å². The smallest absolute Gasteiger partial charge is 0.335 e. The fourth-order valence-corrected chi connectivity index (χ4v) is 0.899. The summed E-state index contributed by atoms with van der Waals surface area (Å²) in [6.45, 7) is 8.00. The van der Waals surface area contributed by atoms with Crippen LogP contribution in [-0.2, 0) is 0 Å². The van der Waals surface area contributed by atoms with Crippen LogP contribution in [0.1, 0.15) is 48.4 Å². The Balaban J connectivity index is 0. The molecule has 96 valence electrons. The van der Waals surface area contributed by atoms with E-state index in [1.165, 1.54) is 12.1 Å². The maximum Gasteiger partial charge on any atom is 0.335 e. The zero-order valence-electron chi connectivity index (χ0n) is 10.5. The minimum Gasteiger partial charge on any atom is -0.478 e. The molecule has 0 radical (unpaired) electrons. The normalized spacial score (nSPS) is 8.00. The molecule has 4 N–H and O–H groups in total. The lowest BCUT2D eigenvalue weighted by Gasteiger charge is -1.99. The Kier molecular flexibility index (Phi) is 9.40. The molecule has 0 saturated heterocycles. The number of hydrogen-bond donors (Lipinski definition) is 3. The summed E-state index contributed by atoms with van der Waals surface area (Å²) in [7, 11) is 0. The van der Waals surface area contributed by atoms with Gasteiger partial charge in [0.15, 0.2) is 0 Å². The van der Waals surface area contributed by atoms with E-state index < -0.39 is 11.9 Å². The number of rotatable bonds is 2. The lowest BCUT2D eigenvalue weighted by Crippen LogP contribution is -2.03. The zero-order chi connectivity index (χ0) is 14.0. The molecule has 0 spiro atoms. The molecule has 5 heteroatoms. The molecular weight excluding hydrogens is 222 g/mol. The summed E-state index contributed by atoms with van der Waals surface area (Å²) in [6.07, 6.45) is 0. The first-order valence-corrected chi connectivity index (χ1v) is 5.38. The molecule has 5 nitrogen and oxygen atoms in total. The molecule has 1 aromatic carbocycles. The number of aromatic carboxylic acids is 2. The van der Waals surface area contributed by atoms with Crippen LogP contribution in [0, 0.1) is 0 Å². The van der Waals surface area contributed by atoms with Crippen LogP contribution in [0.5, 0.6) is 0 Å². The second-order valence-corrected chi connectivity index (χ2v) is 2.45. The van der Waals surface area contributed by atoms with E-state index in [4.69, 9.17) is 15.9 Å². The quantitative estimate of drug-likeness (QED) is 0.691. The Morgan fingerprint density at radius 2 is 1.18 bits per heavy atom. The molecule has 1 rings (SSSR count). The molecule has 0 aromatic heterocycles. The van der Waals surface area contributed by atoms with Gasteiger partial charge in [0.25, 0.3) is 0 Å². The monoisotopic (exact) mass is 241 g/mol. The van der Waals surface area contributed by atoms with Gasteiger partial charge in [0.2, 0.25) is 0 Å². The standard InChI is InChI=1S/C8H7NO4.2C2H6/c9-6-2-4(7(10)11)1-5(3-6)8(12)13;2*1-2/h1-3H,9H2,(H,10,11)(H,12,13);2*1-2H3. The molecule has 0 heterocycles. The Hall–Kier alpha value is -2.04. The van der Waals surface area contributed by atoms with Gasteiger partial charge in [-0.05, 0) is 18.2 Å². The predicted molar refractivity (Wildman–Crippen MR) is 67.5 cm³/mol. The van der Waals surface area contributed by atoms with Crippen LogP contribution in [0.2, 0.25) is 0 Å². The Morgan fingerprint density at radius 1 is 0.882 bits per heavy atom. The molecule has 0 aliphatic heterocycles. The third kappa shape index (κ3) is 6.19. The summed E-state index contributed by atoms with van der Waals surface area (Å²) in [5.74, 6) is -2.40. The first-order chi connectivity index (χ1) is 8.00. The van der Waals surface area contributed by atoms with E-state index in [1.54, 1.807) is 0 Å². The van der Waals surface area contributed by atoms with Crippen molar-refractivity contribution in [2.45, 2.75) is 27.7 Å². The lowest BCUT2D eigenvalue weighted by molar-refractivity contribution is 0.0696. The van der Waals surface area contributed by atoms with E-state index in [0.29, 0.717) is 0 Å². The molecule has 0 aliphatic rings. The maximum absolute atomic E-state index is 10.5. The second-order valence-electron chi connectivity index (χ2n) is 2.45. The van der Waals surface area contributed by atoms with Crippen LogP contribution in [0.3, 0.4) is 0 Å². The Bertz CT molecular complexity index is 343. The average molecular weight is 241 g/mol. The summed E-state index contributed by atoms with van der Waals surface area (Å²) in [6, 6.07) is 3.46. The number of carboxylic acid groups (broad SMARTS) is 2. The largest absolute Gasteiger partial charge is 0.478 e. The Labute approximate surface area is 101 Å². The summed E-state index contributed by atoms with van der Waals surface area (Å²) < 4.78 is 0. The van der Waals surface area contributed by atoms with Crippen LogP contribution in [0.4, 0.5) is 5.69 Å². The van der Waals surface area contributed by atoms with Crippen LogP contribution < -0.4 is 5.73 Å². The number of benzene rings is 1. The van der Waals surface area contributed by atoms with E-state index >= 15 is 0 Å². The number of hydrogen-bond acceptors (Lipinski definition) is 3. The molecule has 0 bridgehead atoms. The van der Waals surface area contributed by atoms with Crippen molar-refractivity contribution >= 4 is 17.6 Å². The fourth-order valence-electron chi connectivity index (χ4n) is 0.899. The Morgan fingerprint density at radius 3 is 1.41 bits per heavy atom. The molecule has 17 heavy (non-hydrogen) atoms.